The number of aromatic nitrogens is 4. The molecule has 0 radical (unpaired) electrons. The summed E-state index contributed by atoms with van der Waals surface area (Å²) in [6.07, 6.45) is 5.07. The van der Waals surface area contributed by atoms with Crippen molar-refractivity contribution < 1.29 is 0 Å². The minimum absolute atomic E-state index is 0.130. The number of anilines is 1. The van der Waals surface area contributed by atoms with Gasteiger partial charge in [0.25, 0.3) is 0 Å². The molecule has 0 atom stereocenters. The maximum absolute atomic E-state index is 4.80. The molecular weight excluding hydrogens is 338 g/mol. The summed E-state index contributed by atoms with van der Waals surface area (Å²) in [4.78, 5) is 7.20. The molecule has 0 amide bonds. The van der Waals surface area contributed by atoms with E-state index in [1.807, 2.05) is 0 Å². The number of hydrogen-bond acceptors (Lipinski definition) is 6. The Balaban J connectivity index is 1.49. The van der Waals surface area contributed by atoms with Crippen molar-refractivity contribution >= 4 is 29.0 Å². The van der Waals surface area contributed by atoms with Crippen molar-refractivity contribution in [2.75, 3.05) is 18.0 Å². The van der Waals surface area contributed by atoms with E-state index >= 15 is 0 Å². The molecule has 2 aromatic rings. The first-order valence-corrected chi connectivity index (χ1v) is 10.7. The van der Waals surface area contributed by atoms with Gasteiger partial charge in [-0.1, -0.05) is 32.5 Å². The summed E-state index contributed by atoms with van der Waals surface area (Å²) < 4.78 is 2.38. The molecule has 1 aliphatic heterocycles. The molecule has 4 rings (SSSR count). The fourth-order valence-corrected chi connectivity index (χ4v) is 4.91. The van der Waals surface area contributed by atoms with Crippen LogP contribution in [-0.4, -0.2) is 32.8 Å². The molecule has 130 valence electrons. The Kier molecular flexibility index (Phi) is 4.33. The van der Waals surface area contributed by atoms with Crippen LogP contribution in [0.3, 0.4) is 0 Å². The molecule has 24 heavy (non-hydrogen) atoms. The van der Waals surface area contributed by atoms with Crippen molar-refractivity contribution in [3.05, 3.63) is 16.1 Å². The van der Waals surface area contributed by atoms with Crippen molar-refractivity contribution in [1.82, 2.24) is 19.7 Å². The summed E-state index contributed by atoms with van der Waals surface area (Å²) in [5, 5.41) is 13.5. The average Bonchev–Trinajstić information content (AvgIpc) is 3.00. The number of rotatable bonds is 5. The molecule has 2 aromatic heterocycles. The minimum atomic E-state index is 0.130. The number of thiazole rings is 1. The van der Waals surface area contributed by atoms with Gasteiger partial charge in [-0.2, -0.15) is 0 Å². The third-order valence-corrected chi connectivity index (χ3v) is 6.78. The first-order valence-electron chi connectivity index (χ1n) is 8.80. The molecule has 0 aromatic carbocycles. The summed E-state index contributed by atoms with van der Waals surface area (Å²) in [6.45, 7) is 8.89. The van der Waals surface area contributed by atoms with Gasteiger partial charge in [-0.3, -0.25) is 4.57 Å². The number of nitrogens with zero attached hydrogens (tertiary/aromatic N) is 5. The fourth-order valence-electron chi connectivity index (χ4n) is 3.01. The highest BCUT2D eigenvalue weighted by atomic mass is 32.2. The maximum atomic E-state index is 4.80. The van der Waals surface area contributed by atoms with Crippen LogP contribution in [0.5, 0.6) is 0 Å². The third-order valence-electron chi connectivity index (χ3n) is 4.49. The van der Waals surface area contributed by atoms with E-state index in [1.165, 1.54) is 30.7 Å². The average molecular weight is 364 g/mol. The van der Waals surface area contributed by atoms with Gasteiger partial charge < -0.3 is 4.90 Å². The van der Waals surface area contributed by atoms with Crippen molar-refractivity contribution in [2.45, 2.75) is 68.8 Å². The predicted octanol–water partition coefficient (Wildman–Crippen LogP) is 4.26. The monoisotopic (exact) mass is 363 g/mol. The summed E-state index contributed by atoms with van der Waals surface area (Å²) in [6, 6.07) is 0.610. The molecule has 1 saturated carbocycles. The van der Waals surface area contributed by atoms with E-state index in [-0.39, 0.29) is 5.41 Å². The van der Waals surface area contributed by atoms with Crippen molar-refractivity contribution in [3.8, 4) is 0 Å². The zero-order chi connectivity index (χ0) is 16.7. The highest BCUT2D eigenvalue weighted by Crippen LogP contribution is 2.42. The standard InChI is InChI=1S/C17H25N5S2/c1-17(2,3)14-18-12(10-23-14)11-24-16-20-19-15(21-8-4-5-9-21)22(16)13-6-7-13/h10,13H,4-9,11H2,1-3H3. The Bertz CT molecular complexity index is 705. The van der Waals surface area contributed by atoms with Crippen LogP contribution in [0.2, 0.25) is 0 Å². The van der Waals surface area contributed by atoms with Crippen LogP contribution in [0.25, 0.3) is 0 Å². The highest BCUT2D eigenvalue weighted by molar-refractivity contribution is 7.98. The van der Waals surface area contributed by atoms with Gasteiger partial charge in [0.15, 0.2) is 5.16 Å². The highest BCUT2D eigenvalue weighted by Gasteiger charge is 2.32. The first-order chi connectivity index (χ1) is 11.5. The third kappa shape index (κ3) is 3.33. The summed E-state index contributed by atoms with van der Waals surface area (Å²) in [7, 11) is 0. The van der Waals surface area contributed by atoms with E-state index in [4.69, 9.17) is 4.98 Å². The molecule has 0 spiro atoms. The van der Waals surface area contributed by atoms with E-state index < -0.39 is 0 Å². The molecule has 5 nitrogen and oxygen atoms in total. The van der Waals surface area contributed by atoms with Crippen molar-refractivity contribution in [1.29, 1.82) is 0 Å². The topological polar surface area (TPSA) is 46.8 Å². The van der Waals surface area contributed by atoms with Crippen LogP contribution >= 0.6 is 23.1 Å². The van der Waals surface area contributed by atoms with Gasteiger partial charge in [0, 0.05) is 35.7 Å². The van der Waals surface area contributed by atoms with E-state index in [9.17, 15) is 0 Å². The zero-order valence-corrected chi connectivity index (χ0v) is 16.3. The van der Waals surface area contributed by atoms with Crippen molar-refractivity contribution in [3.63, 3.8) is 0 Å². The molecular formula is C17H25N5S2. The summed E-state index contributed by atoms with van der Waals surface area (Å²) in [5.41, 5.74) is 1.29. The SMILES string of the molecule is CC(C)(C)c1nc(CSc2nnc(N3CCCC3)n2C2CC2)cs1. The second-order valence-electron chi connectivity index (χ2n) is 7.76. The van der Waals surface area contributed by atoms with Gasteiger partial charge >= 0.3 is 0 Å². The van der Waals surface area contributed by atoms with Crippen LogP contribution in [0.1, 0.15) is 63.2 Å². The Labute approximate surface area is 151 Å². The summed E-state index contributed by atoms with van der Waals surface area (Å²) >= 11 is 3.54. The Morgan fingerprint density at radius 2 is 1.96 bits per heavy atom. The normalized spacial score (nSPS) is 18.5. The lowest BCUT2D eigenvalue weighted by atomic mass is 9.98. The quantitative estimate of drug-likeness (QED) is 0.743. The molecule has 0 N–H and O–H groups in total. The van der Waals surface area contributed by atoms with Gasteiger partial charge in [-0.15, -0.1) is 21.5 Å². The minimum Gasteiger partial charge on any atom is -0.341 e. The van der Waals surface area contributed by atoms with Gasteiger partial charge in [0.05, 0.1) is 10.7 Å². The molecule has 1 saturated heterocycles. The van der Waals surface area contributed by atoms with E-state index in [2.05, 4.69) is 45.8 Å². The van der Waals surface area contributed by atoms with E-state index in [0.29, 0.717) is 6.04 Å². The van der Waals surface area contributed by atoms with Gasteiger partial charge in [-0.25, -0.2) is 4.98 Å². The van der Waals surface area contributed by atoms with Crippen LogP contribution in [0.15, 0.2) is 10.5 Å². The van der Waals surface area contributed by atoms with Crippen LogP contribution in [0, 0.1) is 0 Å². The molecule has 2 fully saturated rings. The maximum Gasteiger partial charge on any atom is 0.228 e. The largest absolute Gasteiger partial charge is 0.341 e. The smallest absolute Gasteiger partial charge is 0.228 e. The van der Waals surface area contributed by atoms with Crippen LogP contribution in [0.4, 0.5) is 5.95 Å². The summed E-state index contributed by atoms with van der Waals surface area (Å²) in [5.74, 6) is 1.96. The van der Waals surface area contributed by atoms with E-state index in [1.54, 1.807) is 23.1 Å². The lowest BCUT2D eigenvalue weighted by Gasteiger charge is -2.17. The predicted molar refractivity (Wildman–Crippen MR) is 100 cm³/mol. The van der Waals surface area contributed by atoms with Crippen molar-refractivity contribution in [2.24, 2.45) is 0 Å². The van der Waals surface area contributed by atoms with Gasteiger partial charge in [-0.05, 0) is 25.7 Å². The Morgan fingerprint density at radius 3 is 2.58 bits per heavy atom. The van der Waals surface area contributed by atoms with Crippen LogP contribution in [-0.2, 0) is 11.2 Å². The number of thioether (sulfide) groups is 1. The Hall–Kier alpha value is -1.08. The molecule has 0 unspecified atom stereocenters. The molecule has 0 bridgehead atoms. The lowest BCUT2D eigenvalue weighted by Crippen LogP contribution is -2.22. The fraction of sp³-hybridized carbons (Fsp3) is 0.706. The Morgan fingerprint density at radius 1 is 1.21 bits per heavy atom. The molecule has 1 aliphatic carbocycles. The lowest BCUT2D eigenvalue weighted by molar-refractivity contribution is 0.584. The van der Waals surface area contributed by atoms with Gasteiger partial charge in [0.2, 0.25) is 5.95 Å². The van der Waals surface area contributed by atoms with Crippen LogP contribution < -0.4 is 4.90 Å². The molecule has 7 heteroatoms. The second-order valence-corrected chi connectivity index (χ2v) is 9.56. The first kappa shape index (κ1) is 16.4. The second kappa shape index (κ2) is 6.33. The molecule has 2 aliphatic rings. The zero-order valence-electron chi connectivity index (χ0n) is 14.7. The van der Waals surface area contributed by atoms with Gasteiger partial charge in [0.1, 0.15) is 0 Å². The van der Waals surface area contributed by atoms with E-state index in [0.717, 1.165) is 35.6 Å². The number of hydrogen-bond donors (Lipinski definition) is 0. The molecule has 3 heterocycles.